The van der Waals surface area contributed by atoms with E-state index in [9.17, 15) is 22.8 Å². The number of carboxylic acids is 1. The molecule has 134 valence electrons. The van der Waals surface area contributed by atoms with Crippen LogP contribution >= 0.6 is 11.6 Å². The van der Waals surface area contributed by atoms with Gasteiger partial charge in [-0.25, -0.2) is 4.79 Å². The number of aliphatic carboxylic acids is 1. The molecule has 1 aliphatic rings. The number of carboxylic acid groups (broad SMARTS) is 1. The van der Waals surface area contributed by atoms with Gasteiger partial charge in [0.2, 0.25) is 0 Å². The molecule has 0 aliphatic carbocycles. The molecule has 0 radical (unpaired) electrons. The van der Waals surface area contributed by atoms with Crippen LogP contribution in [0.3, 0.4) is 0 Å². The summed E-state index contributed by atoms with van der Waals surface area (Å²) in [5, 5.41) is 20.0. The number of alkyl halides is 3. The summed E-state index contributed by atoms with van der Waals surface area (Å²) in [6, 6.07) is 4.07. The van der Waals surface area contributed by atoms with Gasteiger partial charge in [0.1, 0.15) is 0 Å². The second-order valence-electron chi connectivity index (χ2n) is 5.61. The SMILES string of the molecule is N#CC1(C(=O)O)CCN(C(=O)Nc2ccc(Cl)c(C(F)(F)F)c2)CC1. The number of nitrogens with zero attached hydrogens (tertiary/aromatic N) is 2. The summed E-state index contributed by atoms with van der Waals surface area (Å²) in [6.07, 6.45) is -4.77. The number of hydrogen-bond acceptors (Lipinski definition) is 3. The molecule has 2 rings (SSSR count). The maximum Gasteiger partial charge on any atom is 0.417 e. The molecule has 1 fully saturated rings. The zero-order chi connectivity index (χ0) is 18.8. The van der Waals surface area contributed by atoms with Crippen LogP contribution in [0.15, 0.2) is 18.2 Å². The van der Waals surface area contributed by atoms with E-state index in [1.807, 2.05) is 0 Å². The second-order valence-corrected chi connectivity index (χ2v) is 6.02. The molecule has 1 aliphatic heterocycles. The Morgan fingerprint density at radius 1 is 1.32 bits per heavy atom. The molecule has 2 N–H and O–H groups in total. The van der Waals surface area contributed by atoms with E-state index >= 15 is 0 Å². The summed E-state index contributed by atoms with van der Waals surface area (Å²) in [4.78, 5) is 24.6. The number of carbonyl (C=O) groups is 2. The number of nitrogens with one attached hydrogen (secondary N) is 1. The van der Waals surface area contributed by atoms with Crippen LogP contribution in [0.5, 0.6) is 0 Å². The lowest BCUT2D eigenvalue weighted by Crippen LogP contribution is -2.47. The van der Waals surface area contributed by atoms with Crippen molar-refractivity contribution in [3.63, 3.8) is 0 Å². The van der Waals surface area contributed by atoms with Crippen molar-refractivity contribution in [2.75, 3.05) is 18.4 Å². The predicted octanol–water partition coefficient (Wildman–Crippen LogP) is 3.58. The Morgan fingerprint density at radius 2 is 1.92 bits per heavy atom. The van der Waals surface area contributed by atoms with Gasteiger partial charge in [-0.3, -0.25) is 4.79 Å². The van der Waals surface area contributed by atoms with Crippen LogP contribution in [0.2, 0.25) is 5.02 Å². The first-order valence-corrected chi connectivity index (χ1v) is 7.54. The molecular weight excluding hydrogens is 363 g/mol. The Bertz CT molecular complexity index is 738. The van der Waals surface area contributed by atoms with Crippen molar-refractivity contribution in [2.45, 2.75) is 19.0 Å². The van der Waals surface area contributed by atoms with Gasteiger partial charge in [-0.2, -0.15) is 18.4 Å². The van der Waals surface area contributed by atoms with Crippen LogP contribution in [-0.4, -0.2) is 35.1 Å². The van der Waals surface area contributed by atoms with E-state index in [-0.39, 0.29) is 31.6 Å². The molecule has 0 unspecified atom stereocenters. The van der Waals surface area contributed by atoms with Crippen molar-refractivity contribution >= 4 is 29.3 Å². The fourth-order valence-electron chi connectivity index (χ4n) is 2.49. The van der Waals surface area contributed by atoms with Gasteiger partial charge >= 0.3 is 18.2 Å². The number of anilines is 1. The van der Waals surface area contributed by atoms with Crippen molar-refractivity contribution in [2.24, 2.45) is 5.41 Å². The van der Waals surface area contributed by atoms with Crippen molar-refractivity contribution in [1.29, 1.82) is 5.26 Å². The molecule has 1 saturated heterocycles. The van der Waals surface area contributed by atoms with Gasteiger partial charge in [0.05, 0.1) is 16.7 Å². The van der Waals surface area contributed by atoms with Gasteiger partial charge in [-0.05, 0) is 31.0 Å². The molecule has 2 amide bonds. The number of carbonyl (C=O) groups excluding carboxylic acids is 1. The summed E-state index contributed by atoms with van der Waals surface area (Å²) in [6.45, 7) is 0.0107. The van der Waals surface area contributed by atoms with E-state index in [1.54, 1.807) is 6.07 Å². The zero-order valence-corrected chi connectivity index (χ0v) is 13.5. The zero-order valence-electron chi connectivity index (χ0n) is 12.7. The molecule has 0 spiro atoms. The van der Waals surface area contributed by atoms with Gasteiger partial charge in [0.15, 0.2) is 5.41 Å². The number of benzene rings is 1. The van der Waals surface area contributed by atoms with Crippen molar-refractivity contribution in [3.05, 3.63) is 28.8 Å². The topological polar surface area (TPSA) is 93.4 Å². The van der Waals surface area contributed by atoms with Crippen LogP contribution in [-0.2, 0) is 11.0 Å². The van der Waals surface area contributed by atoms with E-state index in [0.717, 1.165) is 12.1 Å². The van der Waals surface area contributed by atoms with E-state index in [0.29, 0.717) is 0 Å². The van der Waals surface area contributed by atoms with Gasteiger partial charge in [0.25, 0.3) is 0 Å². The van der Waals surface area contributed by atoms with Crippen LogP contribution in [0.4, 0.5) is 23.7 Å². The first-order chi connectivity index (χ1) is 11.6. The number of hydrogen-bond donors (Lipinski definition) is 2. The fourth-order valence-corrected chi connectivity index (χ4v) is 2.71. The number of piperidine rings is 1. The molecule has 10 heteroatoms. The van der Waals surface area contributed by atoms with Crippen molar-refractivity contribution in [1.82, 2.24) is 4.90 Å². The van der Waals surface area contributed by atoms with Gasteiger partial charge in [-0.1, -0.05) is 11.6 Å². The van der Waals surface area contributed by atoms with Gasteiger partial charge in [-0.15, -0.1) is 0 Å². The minimum absolute atomic E-state index is 0.00537. The highest BCUT2D eigenvalue weighted by atomic mass is 35.5. The number of likely N-dealkylation sites (tertiary alicyclic amines) is 1. The monoisotopic (exact) mass is 375 g/mol. The highest BCUT2D eigenvalue weighted by Gasteiger charge is 2.43. The molecule has 0 bridgehead atoms. The number of halogens is 4. The van der Waals surface area contributed by atoms with E-state index < -0.39 is 34.2 Å². The largest absolute Gasteiger partial charge is 0.480 e. The summed E-state index contributed by atoms with van der Waals surface area (Å²) in [7, 11) is 0. The standard InChI is InChI=1S/C15H13ClF3N3O3/c16-11-2-1-9(7-10(11)15(17,18)19)21-13(25)22-5-3-14(8-20,4-6-22)12(23)24/h1-2,7H,3-6H2,(H,21,25)(H,23,24). The second kappa shape index (κ2) is 6.80. The highest BCUT2D eigenvalue weighted by Crippen LogP contribution is 2.36. The number of amides is 2. The van der Waals surface area contributed by atoms with Crippen molar-refractivity contribution < 1.29 is 27.9 Å². The third-order valence-corrected chi connectivity index (χ3v) is 4.38. The minimum atomic E-state index is -4.66. The molecule has 0 atom stereocenters. The first-order valence-electron chi connectivity index (χ1n) is 7.16. The Hall–Kier alpha value is -2.47. The minimum Gasteiger partial charge on any atom is -0.480 e. The lowest BCUT2D eigenvalue weighted by Gasteiger charge is -2.34. The van der Waals surface area contributed by atoms with Crippen LogP contribution in [0.25, 0.3) is 0 Å². The molecule has 1 heterocycles. The van der Waals surface area contributed by atoms with Crippen LogP contribution in [0.1, 0.15) is 18.4 Å². The molecule has 6 nitrogen and oxygen atoms in total. The average molecular weight is 376 g/mol. The third-order valence-electron chi connectivity index (χ3n) is 4.05. The fraction of sp³-hybridized carbons (Fsp3) is 0.400. The number of nitriles is 1. The summed E-state index contributed by atoms with van der Waals surface area (Å²) < 4.78 is 38.5. The Kier molecular flexibility index (Phi) is 5.13. The first kappa shape index (κ1) is 18.9. The van der Waals surface area contributed by atoms with Crippen molar-refractivity contribution in [3.8, 4) is 6.07 Å². The lowest BCUT2D eigenvalue weighted by atomic mass is 9.80. The maximum absolute atomic E-state index is 12.8. The Balaban J connectivity index is 2.07. The highest BCUT2D eigenvalue weighted by molar-refractivity contribution is 6.31. The van der Waals surface area contributed by atoms with Crippen LogP contribution in [0, 0.1) is 16.7 Å². The Labute approximate surface area is 145 Å². The number of rotatable bonds is 2. The maximum atomic E-state index is 12.8. The smallest absolute Gasteiger partial charge is 0.417 e. The molecule has 0 saturated carbocycles. The quantitative estimate of drug-likeness (QED) is 0.826. The average Bonchev–Trinajstić information content (AvgIpc) is 2.55. The molecule has 25 heavy (non-hydrogen) atoms. The third kappa shape index (κ3) is 3.96. The predicted molar refractivity (Wildman–Crippen MR) is 82.0 cm³/mol. The molecule has 1 aromatic rings. The van der Waals surface area contributed by atoms with E-state index in [1.165, 1.54) is 11.0 Å². The molecular formula is C15H13ClF3N3O3. The molecule has 1 aromatic carbocycles. The van der Waals surface area contributed by atoms with Gasteiger partial charge in [0, 0.05) is 18.8 Å². The van der Waals surface area contributed by atoms with E-state index in [4.69, 9.17) is 22.0 Å². The lowest BCUT2D eigenvalue weighted by molar-refractivity contribution is -0.147. The number of urea groups is 1. The summed E-state index contributed by atoms with van der Waals surface area (Å²) in [5.74, 6) is -1.25. The Morgan fingerprint density at radius 3 is 2.40 bits per heavy atom. The van der Waals surface area contributed by atoms with Gasteiger partial charge < -0.3 is 15.3 Å². The molecule has 0 aromatic heterocycles. The summed E-state index contributed by atoms with van der Waals surface area (Å²) in [5.41, 5.74) is -2.70. The normalized spacial score (nSPS) is 16.8. The van der Waals surface area contributed by atoms with Crippen LogP contribution < -0.4 is 5.32 Å². The summed E-state index contributed by atoms with van der Waals surface area (Å²) >= 11 is 5.51. The van der Waals surface area contributed by atoms with E-state index in [2.05, 4.69) is 5.32 Å².